The Morgan fingerprint density at radius 2 is 2.35 bits per heavy atom. The van der Waals surface area contributed by atoms with E-state index >= 15 is 0 Å². The molecule has 94 valence electrons. The van der Waals surface area contributed by atoms with Crippen LogP contribution in [0.1, 0.15) is 12.8 Å². The summed E-state index contributed by atoms with van der Waals surface area (Å²) in [6, 6.07) is 1.36. The highest BCUT2D eigenvalue weighted by atomic mass is 32.2. The lowest BCUT2D eigenvalue weighted by Gasteiger charge is -2.29. The largest absolute Gasteiger partial charge is 0.481 e. The molecule has 8 heteroatoms. The topological polar surface area (TPSA) is 103 Å². The molecule has 0 unspecified atom stereocenters. The molecule has 0 amide bonds. The van der Waals surface area contributed by atoms with Gasteiger partial charge in [0.25, 0.3) is 10.0 Å². The minimum atomic E-state index is -3.63. The van der Waals surface area contributed by atoms with E-state index < -0.39 is 21.9 Å². The zero-order chi connectivity index (χ0) is 12.5. The standard InChI is InChI=1S/C9H13N3O4S/c13-9(14)7-2-1-5-12(6-7)17(15,16)8-3-4-10-11-8/h3-4,7H,1-2,5-6H2,(H,10,11)(H,13,14)/t7-/m0/s1. The Hall–Kier alpha value is -1.41. The van der Waals surface area contributed by atoms with Crippen LogP contribution in [-0.4, -0.2) is 47.1 Å². The van der Waals surface area contributed by atoms with Gasteiger partial charge in [-0.2, -0.15) is 9.40 Å². The minimum absolute atomic E-state index is 0.00328. The van der Waals surface area contributed by atoms with Gasteiger partial charge in [0.15, 0.2) is 5.03 Å². The Bertz CT molecular complexity index is 496. The fourth-order valence-corrected chi connectivity index (χ4v) is 3.31. The van der Waals surface area contributed by atoms with Crippen LogP contribution >= 0.6 is 0 Å². The second-order valence-electron chi connectivity index (χ2n) is 3.96. The molecular weight excluding hydrogens is 246 g/mol. The van der Waals surface area contributed by atoms with E-state index in [4.69, 9.17) is 5.11 Å². The zero-order valence-electron chi connectivity index (χ0n) is 9.04. The molecule has 1 aromatic rings. The molecule has 7 nitrogen and oxygen atoms in total. The Morgan fingerprint density at radius 1 is 1.59 bits per heavy atom. The molecule has 17 heavy (non-hydrogen) atoms. The summed E-state index contributed by atoms with van der Waals surface area (Å²) in [5.74, 6) is -1.57. The fraction of sp³-hybridized carbons (Fsp3) is 0.556. The van der Waals surface area contributed by atoms with Crippen molar-refractivity contribution >= 4 is 16.0 Å². The molecule has 1 aliphatic heterocycles. The van der Waals surface area contributed by atoms with E-state index in [-0.39, 0.29) is 11.6 Å². The van der Waals surface area contributed by atoms with Crippen LogP contribution in [0.25, 0.3) is 0 Å². The van der Waals surface area contributed by atoms with E-state index in [2.05, 4.69) is 10.2 Å². The van der Waals surface area contributed by atoms with Crippen molar-refractivity contribution in [1.29, 1.82) is 0 Å². The number of nitrogens with one attached hydrogen (secondary N) is 1. The summed E-state index contributed by atoms with van der Waals surface area (Å²) in [5.41, 5.74) is 0. The van der Waals surface area contributed by atoms with Crippen LogP contribution in [0.3, 0.4) is 0 Å². The molecule has 0 radical (unpaired) electrons. The van der Waals surface area contributed by atoms with E-state index in [0.29, 0.717) is 19.4 Å². The highest BCUT2D eigenvalue weighted by molar-refractivity contribution is 7.89. The highest BCUT2D eigenvalue weighted by Gasteiger charge is 2.33. The van der Waals surface area contributed by atoms with E-state index in [1.165, 1.54) is 16.6 Å². The van der Waals surface area contributed by atoms with Crippen LogP contribution in [-0.2, 0) is 14.8 Å². The van der Waals surface area contributed by atoms with Gasteiger partial charge in [-0.05, 0) is 18.9 Å². The number of aliphatic carboxylic acids is 1. The number of aromatic amines is 1. The molecule has 1 atom stereocenters. The summed E-state index contributed by atoms with van der Waals surface area (Å²) in [4.78, 5) is 10.9. The lowest BCUT2D eigenvalue weighted by atomic mass is 10.0. The average molecular weight is 259 g/mol. The first-order valence-electron chi connectivity index (χ1n) is 5.24. The van der Waals surface area contributed by atoms with Crippen LogP contribution in [0, 0.1) is 5.92 Å². The molecule has 0 bridgehead atoms. The first-order valence-corrected chi connectivity index (χ1v) is 6.68. The van der Waals surface area contributed by atoms with Gasteiger partial charge in [-0.25, -0.2) is 8.42 Å². The van der Waals surface area contributed by atoms with Crippen molar-refractivity contribution in [3.8, 4) is 0 Å². The lowest BCUT2D eigenvalue weighted by Crippen LogP contribution is -2.42. The maximum atomic E-state index is 12.1. The second-order valence-corrected chi connectivity index (χ2v) is 5.87. The SMILES string of the molecule is O=C(O)[C@H]1CCCN(S(=O)(=O)c2ccn[nH]2)C1. The zero-order valence-corrected chi connectivity index (χ0v) is 9.85. The maximum Gasteiger partial charge on any atom is 0.307 e. The molecule has 0 aliphatic carbocycles. The van der Waals surface area contributed by atoms with E-state index in [1.54, 1.807) is 0 Å². The number of carboxylic acid groups (broad SMARTS) is 1. The lowest BCUT2D eigenvalue weighted by molar-refractivity contribution is -0.142. The van der Waals surface area contributed by atoms with Crippen LogP contribution < -0.4 is 0 Å². The van der Waals surface area contributed by atoms with Crippen molar-refractivity contribution < 1.29 is 18.3 Å². The van der Waals surface area contributed by atoms with Crippen molar-refractivity contribution in [3.05, 3.63) is 12.3 Å². The molecule has 1 fully saturated rings. The summed E-state index contributed by atoms with van der Waals surface area (Å²) in [7, 11) is -3.63. The normalized spacial score (nSPS) is 22.5. The van der Waals surface area contributed by atoms with Gasteiger partial charge in [-0.15, -0.1) is 0 Å². The molecule has 0 saturated carbocycles. The van der Waals surface area contributed by atoms with Gasteiger partial charge in [-0.1, -0.05) is 0 Å². The average Bonchev–Trinajstić information content (AvgIpc) is 2.83. The number of piperidine rings is 1. The maximum absolute atomic E-state index is 12.1. The molecule has 2 N–H and O–H groups in total. The fourth-order valence-electron chi connectivity index (χ4n) is 1.89. The third-order valence-corrected chi connectivity index (χ3v) is 4.62. The first-order chi connectivity index (χ1) is 8.01. The van der Waals surface area contributed by atoms with Crippen molar-refractivity contribution in [1.82, 2.24) is 14.5 Å². The highest BCUT2D eigenvalue weighted by Crippen LogP contribution is 2.22. The van der Waals surface area contributed by atoms with Gasteiger partial charge in [0.1, 0.15) is 0 Å². The summed E-state index contributed by atoms with van der Waals surface area (Å²) in [6.07, 6.45) is 2.43. The van der Waals surface area contributed by atoms with Gasteiger partial charge < -0.3 is 5.11 Å². The Labute approximate surface area is 98.5 Å². The molecule has 1 aromatic heterocycles. The molecule has 0 spiro atoms. The predicted molar refractivity (Wildman–Crippen MR) is 57.7 cm³/mol. The number of hydrogen-bond donors (Lipinski definition) is 2. The van der Waals surface area contributed by atoms with Gasteiger partial charge in [0.2, 0.25) is 0 Å². The number of hydrogen-bond acceptors (Lipinski definition) is 4. The Balaban J connectivity index is 2.20. The smallest absolute Gasteiger partial charge is 0.307 e. The van der Waals surface area contributed by atoms with Crippen molar-refractivity contribution in [2.45, 2.75) is 17.9 Å². The number of sulfonamides is 1. The van der Waals surface area contributed by atoms with E-state index in [0.717, 1.165) is 0 Å². The number of carbonyl (C=O) groups is 1. The third kappa shape index (κ3) is 2.32. The van der Waals surface area contributed by atoms with Crippen LogP contribution in [0.4, 0.5) is 0 Å². The molecule has 2 rings (SSSR count). The number of nitrogens with zero attached hydrogens (tertiary/aromatic N) is 2. The number of H-pyrrole nitrogens is 1. The number of rotatable bonds is 3. The quantitative estimate of drug-likeness (QED) is 0.788. The molecule has 1 saturated heterocycles. The van der Waals surface area contributed by atoms with Crippen LogP contribution in [0.5, 0.6) is 0 Å². The van der Waals surface area contributed by atoms with E-state index in [9.17, 15) is 13.2 Å². The molecular formula is C9H13N3O4S. The second kappa shape index (κ2) is 4.46. The van der Waals surface area contributed by atoms with Crippen molar-refractivity contribution in [2.24, 2.45) is 5.92 Å². The molecule has 2 heterocycles. The van der Waals surface area contributed by atoms with Crippen LogP contribution in [0.15, 0.2) is 17.3 Å². The van der Waals surface area contributed by atoms with Crippen molar-refractivity contribution in [3.63, 3.8) is 0 Å². The van der Waals surface area contributed by atoms with Gasteiger partial charge in [0, 0.05) is 13.1 Å². The third-order valence-electron chi connectivity index (χ3n) is 2.83. The van der Waals surface area contributed by atoms with Gasteiger partial charge in [-0.3, -0.25) is 9.89 Å². The van der Waals surface area contributed by atoms with E-state index in [1.807, 2.05) is 0 Å². The minimum Gasteiger partial charge on any atom is -0.481 e. The first kappa shape index (κ1) is 12.1. The number of aromatic nitrogens is 2. The summed E-state index contributed by atoms with van der Waals surface area (Å²) < 4.78 is 25.4. The van der Waals surface area contributed by atoms with Crippen molar-refractivity contribution in [2.75, 3.05) is 13.1 Å². The summed E-state index contributed by atoms with van der Waals surface area (Å²) >= 11 is 0. The van der Waals surface area contributed by atoms with Gasteiger partial charge in [0.05, 0.1) is 12.1 Å². The van der Waals surface area contributed by atoms with Crippen LogP contribution in [0.2, 0.25) is 0 Å². The van der Waals surface area contributed by atoms with Gasteiger partial charge >= 0.3 is 5.97 Å². The Morgan fingerprint density at radius 3 is 2.94 bits per heavy atom. The number of carboxylic acids is 1. The molecule has 0 aromatic carbocycles. The summed E-state index contributed by atoms with van der Waals surface area (Å²) in [6.45, 7) is 0.377. The molecule has 1 aliphatic rings. The predicted octanol–water partition coefficient (Wildman–Crippen LogP) is -0.105. The summed E-state index contributed by atoms with van der Waals surface area (Å²) in [5, 5.41) is 14.9. The monoisotopic (exact) mass is 259 g/mol. The Kier molecular flexibility index (Phi) is 3.16.